The maximum atomic E-state index is 9.93. The number of nitrogens with zero attached hydrogens (tertiary/aromatic N) is 1. The average Bonchev–Trinajstić information content (AvgIpc) is 2.41. The number of likely N-dealkylation sites (tertiary alicyclic amines) is 1. The van der Waals surface area contributed by atoms with Gasteiger partial charge in [0, 0.05) is 25.8 Å². The van der Waals surface area contributed by atoms with Crippen LogP contribution >= 0.6 is 0 Å². The lowest BCUT2D eigenvalue weighted by Crippen LogP contribution is -2.46. The van der Waals surface area contributed by atoms with Crippen molar-refractivity contribution >= 4 is 0 Å². The molecular formula is C15H23NO3. The van der Waals surface area contributed by atoms with Crippen LogP contribution in [0.1, 0.15) is 25.3 Å². The molecule has 0 bridgehead atoms. The Morgan fingerprint density at radius 3 is 2.84 bits per heavy atom. The van der Waals surface area contributed by atoms with E-state index in [1.165, 1.54) is 0 Å². The van der Waals surface area contributed by atoms with Gasteiger partial charge in [-0.25, -0.2) is 0 Å². The van der Waals surface area contributed by atoms with Gasteiger partial charge in [0.25, 0.3) is 0 Å². The Kier molecular flexibility index (Phi) is 4.32. The summed E-state index contributed by atoms with van der Waals surface area (Å²) >= 11 is 0. The summed E-state index contributed by atoms with van der Waals surface area (Å²) in [6.07, 6.45) is 2.21. The molecule has 1 unspecified atom stereocenters. The van der Waals surface area contributed by atoms with Gasteiger partial charge in [-0.05, 0) is 44.5 Å². The van der Waals surface area contributed by atoms with Gasteiger partial charge < -0.3 is 14.6 Å². The van der Waals surface area contributed by atoms with Crippen molar-refractivity contribution in [2.45, 2.75) is 31.9 Å². The van der Waals surface area contributed by atoms with Crippen molar-refractivity contribution < 1.29 is 14.6 Å². The lowest BCUT2D eigenvalue weighted by atomic mass is 9.94. The number of rotatable bonds is 4. The number of aromatic hydroxyl groups is 1. The maximum Gasteiger partial charge on any atom is 0.120 e. The Morgan fingerprint density at radius 2 is 2.16 bits per heavy atom. The molecule has 1 aromatic rings. The van der Waals surface area contributed by atoms with Crippen molar-refractivity contribution in [2.75, 3.05) is 27.3 Å². The summed E-state index contributed by atoms with van der Waals surface area (Å²) in [6, 6.07) is 5.36. The molecule has 4 nitrogen and oxygen atoms in total. The summed E-state index contributed by atoms with van der Waals surface area (Å²) in [5.41, 5.74) is 0.826. The van der Waals surface area contributed by atoms with E-state index in [2.05, 4.69) is 11.8 Å². The van der Waals surface area contributed by atoms with E-state index in [0.717, 1.165) is 43.8 Å². The highest BCUT2D eigenvalue weighted by molar-refractivity contribution is 5.39. The maximum absolute atomic E-state index is 9.93. The van der Waals surface area contributed by atoms with Gasteiger partial charge in [0.05, 0.1) is 12.7 Å². The van der Waals surface area contributed by atoms with E-state index in [9.17, 15) is 5.11 Å². The summed E-state index contributed by atoms with van der Waals surface area (Å²) in [4.78, 5) is 2.32. The second kappa shape index (κ2) is 5.80. The van der Waals surface area contributed by atoms with Crippen molar-refractivity contribution in [3.63, 3.8) is 0 Å². The van der Waals surface area contributed by atoms with Crippen LogP contribution < -0.4 is 4.74 Å². The van der Waals surface area contributed by atoms with Crippen LogP contribution in [-0.4, -0.2) is 42.9 Å². The van der Waals surface area contributed by atoms with Gasteiger partial charge >= 0.3 is 0 Å². The molecule has 1 atom stereocenters. The number of phenols is 1. The summed E-state index contributed by atoms with van der Waals surface area (Å²) in [6.45, 7) is 4.79. The highest BCUT2D eigenvalue weighted by Gasteiger charge is 2.30. The third-order valence-electron chi connectivity index (χ3n) is 3.91. The van der Waals surface area contributed by atoms with Gasteiger partial charge in [-0.15, -0.1) is 0 Å². The minimum atomic E-state index is -0.0767. The fourth-order valence-electron chi connectivity index (χ4n) is 2.67. The van der Waals surface area contributed by atoms with Gasteiger partial charge in [0.15, 0.2) is 0 Å². The molecule has 2 rings (SSSR count). The van der Waals surface area contributed by atoms with Gasteiger partial charge in [-0.3, -0.25) is 4.90 Å². The molecule has 1 aliphatic rings. The van der Waals surface area contributed by atoms with Crippen molar-refractivity contribution in [3.8, 4) is 11.5 Å². The van der Waals surface area contributed by atoms with E-state index in [-0.39, 0.29) is 5.60 Å². The zero-order chi connectivity index (χ0) is 13.9. The van der Waals surface area contributed by atoms with Crippen molar-refractivity contribution in [1.29, 1.82) is 0 Å². The highest BCUT2D eigenvalue weighted by atomic mass is 16.5. The zero-order valence-corrected chi connectivity index (χ0v) is 12.0. The second-order valence-corrected chi connectivity index (χ2v) is 5.46. The van der Waals surface area contributed by atoms with Crippen LogP contribution in [0.2, 0.25) is 0 Å². The third-order valence-corrected chi connectivity index (χ3v) is 3.91. The fraction of sp³-hybridized carbons (Fsp3) is 0.600. The Morgan fingerprint density at radius 1 is 1.37 bits per heavy atom. The van der Waals surface area contributed by atoms with Crippen LogP contribution in [0.4, 0.5) is 0 Å². The summed E-state index contributed by atoms with van der Waals surface area (Å²) in [5.74, 6) is 1.10. The fourth-order valence-corrected chi connectivity index (χ4v) is 2.67. The molecule has 4 heteroatoms. The lowest BCUT2D eigenvalue weighted by molar-refractivity contribution is -0.0528. The monoisotopic (exact) mass is 265 g/mol. The zero-order valence-electron chi connectivity index (χ0n) is 12.0. The average molecular weight is 265 g/mol. The molecule has 1 heterocycles. The molecule has 0 aliphatic carbocycles. The SMILES string of the molecule is COc1ccc(O)c(CN2CCCC(C)(OC)C2)c1. The van der Waals surface area contributed by atoms with Crippen LogP contribution in [-0.2, 0) is 11.3 Å². The Balaban J connectivity index is 2.08. The molecular weight excluding hydrogens is 242 g/mol. The normalized spacial score (nSPS) is 24.4. The van der Waals surface area contributed by atoms with E-state index >= 15 is 0 Å². The molecule has 19 heavy (non-hydrogen) atoms. The quantitative estimate of drug-likeness (QED) is 0.907. The molecule has 0 spiro atoms. The van der Waals surface area contributed by atoms with E-state index in [1.807, 2.05) is 6.07 Å². The lowest BCUT2D eigenvalue weighted by Gasteiger charge is -2.39. The Bertz CT molecular complexity index is 435. The van der Waals surface area contributed by atoms with Crippen LogP contribution in [0.3, 0.4) is 0 Å². The predicted octanol–water partition coefficient (Wildman–Crippen LogP) is 2.40. The molecule has 1 N–H and O–H groups in total. The first-order chi connectivity index (χ1) is 9.06. The number of hydrogen-bond donors (Lipinski definition) is 1. The Hall–Kier alpha value is -1.26. The van der Waals surface area contributed by atoms with E-state index < -0.39 is 0 Å². The third kappa shape index (κ3) is 3.39. The van der Waals surface area contributed by atoms with Gasteiger partial charge in [-0.2, -0.15) is 0 Å². The molecule has 1 fully saturated rings. The topological polar surface area (TPSA) is 41.9 Å². The molecule has 1 aliphatic heterocycles. The predicted molar refractivity (Wildman–Crippen MR) is 74.6 cm³/mol. The van der Waals surface area contributed by atoms with E-state index in [1.54, 1.807) is 26.4 Å². The number of piperidine rings is 1. The van der Waals surface area contributed by atoms with Gasteiger partial charge in [-0.1, -0.05) is 0 Å². The van der Waals surface area contributed by atoms with Crippen LogP contribution in [0.15, 0.2) is 18.2 Å². The van der Waals surface area contributed by atoms with E-state index in [0.29, 0.717) is 5.75 Å². The molecule has 1 aromatic carbocycles. The molecule has 0 saturated carbocycles. The highest BCUT2D eigenvalue weighted by Crippen LogP contribution is 2.28. The summed E-state index contributed by atoms with van der Waals surface area (Å²) in [7, 11) is 3.41. The number of benzene rings is 1. The summed E-state index contributed by atoms with van der Waals surface area (Å²) < 4.78 is 10.8. The van der Waals surface area contributed by atoms with Crippen LogP contribution in [0, 0.1) is 0 Å². The largest absolute Gasteiger partial charge is 0.508 e. The first kappa shape index (κ1) is 14.2. The van der Waals surface area contributed by atoms with Crippen molar-refractivity contribution in [1.82, 2.24) is 4.90 Å². The van der Waals surface area contributed by atoms with Crippen LogP contribution in [0.25, 0.3) is 0 Å². The number of methoxy groups -OCH3 is 2. The van der Waals surface area contributed by atoms with Crippen molar-refractivity contribution in [2.24, 2.45) is 0 Å². The van der Waals surface area contributed by atoms with Crippen molar-refractivity contribution in [3.05, 3.63) is 23.8 Å². The van der Waals surface area contributed by atoms with Gasteiger partial charge in [0.2, 0.25) is 0 Å². The molecule has 0 aromatic heterocycles. The smallest absolute Gasteiger partial charge is 0.120 e. The molecule has 0 amide bonds. The molecule has 106 valence electrons. The number of hydrogen-bond acceptors (Lipinski definition) is 4. The minimum absolute atomic E-state index is 0.0767. The number of phenolic OH excluding ortho intramolecular Hbond substituents is 1. The first-order valence-corrected chi connectivity index (χ1v) is 6.70. The summed E-state index contributed by atoms with van der Waals surface area (Å²) in [5, 5.41) is 9.93. The second-order valence-electron chi connectivity index (χ2n) is 5.46. The van der Waals surface area contributed by atoms with Crippen LogP contribution in [0.5, 0.6) is 11.5 Å². The number of ether oxygens (including phenoxy) is 2. The van der Waals surface area contributed by atoms with E-state index in [4.69, 9.17) is 9.47 Å². The molecule has 1 saturated heterocycles. The standard InChI is InChI=1S/C15H23NO3/c1-15(19-3)7-4-8-16(11-15)10-12-9-13(18-2)5-6-14(12)17/h5-6,9,17H,4,7-8,10-11H2,1-3H3. The first-order valence-electron chi connectivity index (χ1n) is 6.70. The Labute approximate surface area is 114 Å². The minimum Gasteiger partial charge on any atom is -0.508 e. The van der Waals surface area contributed by atoms with Gasteiger partial charge in [0.1, 0.15) is 11.5 Å². The molecule has 0 radical (unpaired) electrons.